The maximum absolute atomic E-state index is 13.5. The van der Waals surface area contributed by atoms with Gasteiger partial charge in [-0.05, 0) is 130 Å². The number of aromatic amines is 2. The smallest absolute Gasteiger partial charge is 0.407 e. The number of aliphatic carboxylic acids is 1. The summed E-state index contributed by atoms with van der Waals surface area (Å²) in [6.45, 7) is 20.9. The molecule has 14 N–H and O–H groups in total. The van der Waals surface area contributed by atoms with Crippen molar-refractivity contribution < 1.29 is 101 Å². The molecule has 37 heteroatoms. The second-order valence-electron chi connectivity index (χ2n) is 35.9. The molecule has 4 aliphatic rings. The highest BCUT2D eigenvalue weighted by Crippen LogP contribution is 2.47. The normalized spacial score (nSPS) is 14.8. The molecule has 0 spiro atoms. The first kappa shape index (κ1) is 106. The molecule has 37 nitrogen and oxygen atoms in total. The number of alkyl carbamates (subject to hydrolysis) is 2. The van der Waals surface area contributed by atoms with E-state index >= 15 is 0 Å². The Balaban J connectivity index is 0.000000210. The summed E-state index contributed by atoms with van der Waals surface area (Å²) in [5.41, 5.74) is 32.8. The Morgan fingerprint density at radius 2 is 0.787 bits per heavy atom. The van der Waals surface area contributed by atoms with Crippen LogP contribution in [-0.4, -0.2) is 246 Å². The topological polar surface area (TPSA) is 522 Å². The number of carboxylic acid groups (broad SMARTS) is 1. The van der Waals surface area contributed by atoms with Gasteiger partial charge >= 0.3 is 18.2 Å². The lowest BCUT2D eigenvalue weighted by atomic mass is 9.76. The fraction of sp³-hybridized carbons (Fsp3) is 0.442. The van der Waals surface area contributed by atoms with Crippen LogP contribution in [0.5, 0.6) is 11.8 Å². The molecular weight excluding hydrogens is 1810 g/mol. The minimum Gasteiger partial charge on any atom is -0.511 e. The van der Waals surface area contributed by atoms with Crippen LogP contribution in [0.25, 0.3) is 44.6 Å². The molecule has 0 aliphatic heterocycles. The first-order valence-electron chi connectivity index (χ1n) is 47.6. The van der Waals surface area contributed by atoms with Crippen molar-refractivity contribution in [2.24, 2.45) is 26.5 Å². The maximum Gasteiger partial charge on any atom is 0.407 e. The van der Waals surface area contributed by atoms with E-state index in [0.717, 1.165) is 66.8 Å². The molecular formula is C104H130N16O21. The number of anilines is 2. The monoisotopic (exact) mass is 1940 g/mol. The Hall–Kier alpha value is -13.5. The summed E-state index contributed by atoms with van der Waals surface area (Å²) in [5, 5.41) is 38.7. The molecule has 0 saturated carbocycles. The van der Waals surface area contributed by atoms with E-state index in [1.807, 2.05) is 149 Å². The average molecular weight is 1940 g/mol. The third-order valence-corrected chi connectivity index (χ3v) is 23.7. The van der Waals surface area contributed by atoms with Crippen molar-refractivity contribution in [3.63, 3.8) is 0 Å². The number of fused-ring (bicyclic) bond motifs is 8. The summed E-state index contributed by atoms with van der Waals surface area (Å²) in [7, 11) is 0. The van der Waals surface area contributed by atoms with Gasteiger partial charge in [-0.3, -0.25) is 24.4 Å². The number of nitrogens with zero attached hydrogens (tertiary/aromatic N) is 8. The molecule has 0 fully saturated rings. The number of aliphatic hydroxyl groups excluding tert-OH is 2. The number of hydrogen-bond acceptors (Lipinski definition) is 31. The first-order valence-corrected chi connectivity index (χ1v) is 47.6. The maximum atomic E-state index is 13.5. The van der Waals surface area contributed by atoms with Gasteiger partial charge in [-0.15, -0.1) is 0 Å². The number of carbonyl (C=O) groups excluding carboxylic acids is 5. The predicted octanol–water partition coefficient (Wildman–Crippen LogP) is 13.8. The van der Waals surface area contributed by atoms with E-state index in [1.165, 1.54) is 12.7 Å². The summed E-state index contributed by atoms with van der Waals surface area (Å²) < 4.78 is 67.3. The molecule has 14 rings (SSSR count). The number of allylic oxidation sites excluding steroid dienone is 4. The lowest BCUT2D eigenvalue weighted by molar-refractivity contribution is -0.139. The van der Waals surface area contributed by atoms with Crippen LogP contribution in [0.15, 0.2) is 191 Å². The number of amides is 3. The van der Waals surface area contributed by atoms with Crippen molar-refractivity contribution in [3.05, 3.63) is 225 Å². The lowest BCUT2D eigenvalue weighted by Crippen LogP contribution is -2.47. The molecule has 3 amide bonds. The molecule has 4 aromatic heterocycles. The Morgan fingerprint density at radius 3 is 1.16 bits per heavy atom. The third kappa shape index (κ3) is 32.5. The molecule has 2 atom stereocenters. The number of rotatable bonds is 53. The number of H-pyrrole nitrogens is 2. The number of imidazole rings is 2. The number of nitrogen functional groups attached to an aromatic ring is 2. The molecule has 6 aromatic carbocycles. The molecule has 2 unspecified atom stereocenters. The van der Waals surface area contributed by atoms with Gasteiger partial charge < -0.3 is 115 Å². The summed E-state index contributed by atoms with van der Waals surface area (Å²) >= 11 is 0. The number of aliphatic imine (C=N–C) groups is 2. The van der Waals surface area contributed by atoms with E-state index in [2.05, 4.69) is 90.1 Å². The molecule has 0 bridgehead atoms. The molecule has 0 saturated heterocycles. The summed E-state index contributed by atoms with van der Waals surface area (Å²) in [6.07, 6.45) is 5.94. The summed E-state index contributed by atoms with van der Waals surface area (Å²) in [4.78, 5) is 116. The first-order chi connectivity index (χ1) is 68.3. The van der Waals surface area contributed by atoms with Crippen molar-refractivity contribution in [2.75, 3.05) is 143 Å². The molecule has 0 radical (unpaired) electrons. The number of hydrogen-bond donors (Lipinski definition) is 11. The van der Waals surface area contributed by atoms with E-state index < -0.39 is 30.2 Å². The standard InChI is InChI=1S/C52H64N8O10.C31H36N2O6.C21H30N6O5/c1-34(45-43(61)28-52(2,3)29-44(45)62)54-19-9-8-14-42(58-51(64)70-32-41-39-12-6-4-10-37(39)38-11-5-7-13-40(38)41)48(63)55-20-21-65-22-23-66-24-25-67-26-27-68-30-35-15-17-36(18-16-35)31-69-49-46-47(57-33-56-46)59-50(53)60-49;1-19(28-26(34)16-31(2,3)17-27(28)35)32-15-9-8-14-25(29(36)37)33-30(38)39-18-24-22-12-6-4-10-20(22)21-11-5-7-13-23(21)24;22-5-6-28-7-8-29-9-10-30-11-12-31-13-16-1-3-17(4-2-16)14-32-20-18-19(25-15-24-18)26-21(23)27-20/h4-7,10-13,15-18,33,41-42,61H,8-9,14,19-32H2,1-3H3,(H,55,63)(H,58,64)(H3,53,56,57,59,60);4-7,10-13,24-25,34H,8-9,14-18H2,1-3H3,(H,33,38)(H,36,37);1-4,15H,5-14,22H2,(H3,23,24,25,26,27). The number of carbonyl (C=O) groups is 6. The zero-order valence-electron chi connectivity index (χ0n) is 80.9. The van der Waals surface area contributed by atoms with E-state index in [0.29, 0.717) is 246 Å². The number of Topliss-reactive ketones (excluding diaryl/α,β-unsaturated/α-hetero) is 2. The van der Waals surface area contributed by atoms with Crippen LogP contribution in [0.1, 0.15) is 162 Å². The number of unbranched alkanes of at least 4 members (excludes halogenated alkanes) is 2. The van der Waals surface area contributed by atoms with Crippen LogP contribution in [0, 0.1) is 10.8 Å². The largest absolute Gasteiger partial charge is 0.511 e. The number of benzene rings is 6. The average Bonchev–Trinajstić information content (AvgIpc) is 1.62. The quantitative estimate of drug-likeness (QED) is 0.0125. The van der Waals surface area contributed by atoms with Gasteiger partial charge in [0.15, 0.2) is 22.9 Å². The van der Waals surface area contributed by atoms with Crippen LogP contribution >= 0.6 is 0 Å². The fourth-order valence-corrected chi connectivity index (χ4v) is 16.8. The zero-order chi connectivity index (χ0) is 99.9. The van der Waals surface area contributed by atoms with Gasteiger partial charge in [-0.1, -0.05) is 173 Å². The van der Waals surface area contributed by atoms with Crippen LogP contribution in [0.4, 0.5) is 21.5 Å². The van der Waals surface area contributed by atoms with E-state index in [4.69, 9.17) is 74.0 Å². The summed E-state index contributed by atoms with van der Waals surface area (Å²) in [5.74, 6) is -0.837. The highest BCUT2D eigenvalue weighted by Gasteiger charge is 2.37. The summed E-state index contributed by atoms with van der Waals surface area (Å²) in [6, 6.07) is 46.1. The molecule has 4 aliphatic carbocycles. The van der Waals surface area contributed by atoms with Crippen LogP contribution in [-0.2, 0) is 93.0 Å². The minimum absolute atomic E-state index is 0.0794. The minimum atomic E-state index is -1.13. The van der Waals surface area contributed by atoms with Gasteiger partial charge in [0.1, 0.15) is 61.1 Å². The lowest BCUT2D eigenvalue weighted by Gasteiger charge is -2.29. The predicted molar refractivity (Wildman–Crippen MR) is 531 cm³/mol. The number of ether oxygens (including phenoxy) is 12. The van der Waals surface area contributed by atoms with Crippen molar-refractivity contribution >= 4 is 81.3 Å². The van der Waals surface area contributed by atoms with Gasteiger partial charge in [0.05, 0.1) is 130 Å². The van der Waals surface area contributed by atoms with Crippen LogP contribution in [0.3, 0.4) is 0 Å². The second kappa shape index (κ2) is 54.3. The van der Waals surface area contributed by atoms with Crippen molar-refractivity contribution in [2.45, 2.75) is 156 Å². The molecule has 4 heterocycles. The highest BCUT2D eigenvalue weighted by atomic mass is 16.6. The second-order valence-corrected chi connectivity index (χ2v) is 35.9. The van der Waals surface area contributed by atoms with Crippen LogP contribution in [0.2, 0.25) is 0 Å². The Morgan fingerprint density at radius 1 is 0.447 bits per heavy atom. The van der Waals surface area contributed by atoms with Gasteiger partial charge in [0, 0.05) is 75.1 Å². The van der Waals surface area contributed by atoms with E-state index in [-0.39, 0.29) is 96.3 Å². The Bertz CT molecular complexity index is 5830. The Labute approximate surface area is 819 Å². The number of aromatic nitrogens is 8. The Kier molecular flexibility index (Phi) is 41.0. The fourth-order valence-electron chi connectivity index (χ4n) is 16.8. The number of ketones is 2. The third-order valence-electron chi connectivity index (χ3n) is 23.7. The number of nitrogens with two attached hydrogens (primary N) is 3. The highest BCUT2D eigenvalue weighted by molar-refractivity contribution is 6.23. The van der Waals surface area contributed by atoms with Gasteiger partial charge in [0.25, 0.3) is 0 Å². The van der Waals surface area contributed by atoms with Gasteiger partial charge in [-0.2, -0.15) is 19.9 Å². The van der Waals surface area contributed by atoms with Crippen molar-refractivity contribution in [1.29, 1.82) is 0 Å². The van der Waals surface area contributed by atoms with Gasteiger partial charge in [0.2, 0.25) is 29.6 Å². The van der Waals surface area contributed by atoms with Crippen LogP contribution < -0.4 is 42.6 Å². The SMILES string of the molecule is CC(=NCCCCC(NC(=O)OCC1c2ccccc2-c2ccccc21)C(=O)NCCOCCOCCOCCOCc1ccc(COc2nc(N)nc3nc[nH]c23)cc1)C1=C(O)CC(C)(C)CC1=O.CC(=NCCCCC(NC(=O)OCC1c2ccccc2-c2ccccc21)C(=O)O)C1=C(O)CC(C)(C)CC1=O.NCCOCCOCCOCCOCc1ccc(COc2nc(N)nc3nc[nH]c23)cc1. The number of aliphatic hydroxyl groups is 2. The van der Waals surface area contributed by atoms with E-state index in [9.17, 15) is 44.1 Å². The number of carboxylic acids is 1. The molecule has 10 aromatic rings. The van der Waals surface area contributed by atoms with E-state index in [1.54, 1.807) is 13.8 Å². The zero-order valence-corrected chi connectivity index (χ0v) is 80.9. The molecule has 752 valence electrons. The molecule has 141 heavy (non-hydrogen) atoms. The van der Waals surface area contributed by atoms with Crippen molar-refractivity contribution in [1.82, 2.24) is 55.8 Å². The van der Waals surface area contributed by atoms with Crippen molar-refractivity contribution in [3.8, 4) is 34.0 Å². The van der Waals surface area contributed by atoms with Gasteiger partial charge in [-0.25, -0.2) is 24.4 Å². The number of nitrogens with one attached hydrogen (secondary N) is 5.